The van der Waals surface area contributed by atoms with Gasteiger partial charge in [0, 0.05) is 144 Å². The molecule has 6 aromatic carbocycles. The van der Waals surface area contributed by atoms with Gasteiger partial charge in [0.1, 0.15) is 65.7 Å². The van der Waals surface area contributed by atoms with E-state index in [1.807, 2.05) is 54.6 Å². The van der Waals surface area contributed by atoms with E-state index < -0.39 is 42.3 Å². The molecule has 0 radical (unpaired) electrons. The van der Waals surface area contributed by atoms with Gasteiger partial charge in [0.2, 0.25) is 29.5 Å². The third-order valence-electron chi connectivity index (χ3n) is 23.8. The number of halogens is 1. The van der Waals surface area contributed by atoms with Crippen molar-refractivity contribution in [3.8, 4) is 17.2 Å². The molecule has 16 rings (SSSR count). The number of hydrogen-bond acceptors (Lipinski definition) is 18. The van der Waals surface area contributed by atoms with Gasteiger partial charge in [0.25, 0.3) is 17.7 Å². The van der Waals surface area contributed by atoms with Gasteiger partial charge in [-0.1, -0.05) is 67.6 Å². The number of ether oxygens (including phenoxy) is 3. The van der Waals surface area contributed by atoms with Gasteiger partial charge >= 0.3 is 0 Å². The van der Waals surface area contributed by atoms with Crippen LogP contribution in [0.15, 0.2) is 127 Å². The van der Waals surface area contributed by atoms with E-state index in [1.54, 1.807) is 39.0 Å². The van der Waals surface area contributed by atoms with Gasteiger partial charge in [-0.2, -0.15) is 0 Å². The molecule has 9 heterocycles. The molecule has 7 fully saturated rings. The van der Waals surface area contributed by atoms with Crippen LogP contribution in [0.25, 0.3) is 0 Å². The summed E-state index contributed by atoms with van der Waals surface area (Å²) in [5, 5.41) is 29.0. The number of likely N-dealkylation sites (tertiary alicyclic amines) is 3. The number of piperidine rings is 6. The molecule has 109 heavy (non-hydrogen) atoms. The second kappa shape index (κ2) is 31.9. The number of imide groups is 2. The van der Waals surface area contributed by atoms with Gasteiger partial charge in [-0.15, -0.1) is 0 Å². The predicted octanol–water partition coefficient (Wildman–Crippen LogP) is 6.54. The van der Waals surface area contributed by atoms with Gasteiger partial charge in [0.15, 0.2) is 0 Å². The number of aliphatic hydroxyl groups excluding tert-OH is 1. The Labute approximate surface area is 634 Å². The number of nitrogens with one attached hydrogen (secondary N) is 6. The Kier molecular flexibility index (Phi) is 21.5. The van der Waals surface area contributed by atoms with E-state index in [1.165, 1.54) is 11.1 Å². The van der Waals surface area contributed by atoms with Gasteiger partial charge in [0.05, 0.1) is 0 Å². The van der Waals surface area contributed by atoms with Crippen molar-refractivity contribution in [3.05, 3.63) is 194 Å². The molecule has 9 aliphatic heterocycles. The van der Waals surface area contributed by atoms with Crippen LogP contribution >= 0.6 is 0 Å². The average Bonchev–Trinajstić information content (AvgIpc) is 1.65. The first kappa shape index (κ1) is 73.7. The highest BCUT2D eigenvalue weighted by Gasteiger charge is 2.45. The van der Waals surface area contributed by atoms with E-state index in [0.29, 0.717) is 91.5 Å². The summed E-state index contributed by atoms with van der Waals surface area (Å²) in [7, 11) is 0. The Morgan fingerprint density at radius 1 is 0.486 bits per heavy atom. The molecule has 8 amide bonds. The number of aliphatic hydroxyl groups is 1. The van der Waals surface area contributed by atoms with Crippen molar-refractivity contribution in [2.24, 2.45) is 5.92 Å². The van der Waals surface area contributed by atoms with Gasteiger partial charge in [-0.25, -0.2) is 4.39 Å². The maximum absolute atomic E-state index is 16.8. The van der Waals surface area contributed by atoms with Crippen LogP contribution in [0.5, 0.6) is 17.2 Å². The maximum atomic E-state index is 16.8. The molecule has 1 aliphatic carbocycles. The molecule has 0 aromatic heterocycles. The van der Waals surface area contributed by atoms with Crippen molar-refractivity contribution in [1.29, 1.82) is 0 Å². The highest BCUT2D eigenvalue weighted by Crippen LogP contribution is 2.44. The van der Waals surface area contributed by atoms with Crippen LogP contribution in [0.3, 0.4) is 0 Å². The molecule has 12 unspecified atom stereocenters. The number of hydrogen-bond donors (Lipinski definition) is 7. The minimum absolute atomic E-state index is 0.0000190. The largest absolute Gasteiger partial charge is 0.487 e. The molecule has 10 aliphatic rings. The first-order valence-electron chi connectivity index (χ1n) is 39.2. The number of fused-ring (bicyclic) bond motifs is 3. The molecule has 25 heteroatoms. The highest BCUT2D eigenvalue weighted by atomic mass is 19.1. The Bertz CT molecular complexity index is 4490. The summed E-state index contributed by atoms with van der Waals surface area (Å²) in [5.41, 5.74) is 9.06. The van der Waals surface area contributed by atoms with Crippen molar-refractivity contribution in [1.82, 2.24) is 61.3 Å². The molecule has 7 N–H and O–H groups in total. The van der Waals surface area contributed by atoms with Gasteiger partial charge in [-0.05, 0) is 189 Å². The van der Waals surface area contributed by atoms with E-state index in [9.17, 15) is 43.5 Å². The molecule has 0 spiro atoms. The van der Waals surface area contributed by atoms with Crippen LogP contribution in [0.2, 0.25) is 0 Å². The second-order valence-electron chi connectivity index (χ2n) is 31.6. The predicted molar refractivity (Wildman–Crippen MR) is 401 cm³/mol. The van der Waals surface area contributed by atoms with E-state index in [4.69, 9.17) is 14.2 Å². The summed E-state index contributed by atoms with van der Waals surface area (Å²) in [6.45, 7) is 12.0. The van der Waals surface area contributed by atoms with Crippen LogP contribution in [0.4, 0.5) is 4.39 Å². The van der Waals surface area contributed by atoms with E-state index in [0.717, 1.165) is 92.6 Å². The molecule has 1 saturated carbocycles. The normalized spacial score (nSPS) is 26.7. The third kappa shape index (κ3) is 16.4. The van der Waals surface area contributed by atoms with Crippen LogP contribution < -0.4 is 46.1 Å². The Hall–Kier alpha value is -9.47. The van der Waals surface area contributed by atoms with Gasteiger partial charge in [-0.3, -0.25) is 63.7 Å². The third-order valence-corrected chi connectivity index (χ3v) is 23.8. The molecule has 12 atom stereocenters. The lowest BCUT2D eigenvalue weighted by molar-refractivity contribution is -0.138. The summed E-state index contributed by atoms with van der Waals surface area (Å²) >= 11 is 0. The molecule has 24 nitrogen and oxygen atoms in total. The quantitative estimate of drug-likeness (QED) is 0.0300. The standard InChI is InChI=1S/C84H97FN12O12/c1-3-86-66-28-31-93(46-72(66)107-58-15-18-61-55(37-58)43-95(82(61)104)69-22-25-75(98)89-79(69)101)42-53-12-21-65(85)64(36-53)78(54-13-14-54)88-68-30-33-94(48-74(68)109-60-17-20-63-57(39-60)45-97(84(63)106)71-24-27-77(100)91-81(71)103)41-52-11-7-10-51(35-52)34-49(2)87-67-29-32-92(40-50-8-5-4-6-9-50)47-73(67)108-59-16-19-62-56(38-59)44-96(83(62)105)70-23-26-76(99)90-80(70)102/h4-12,15-21,35-39,49,54,66-75,78,86-88,98H,3,13-14,22-34,40-48H2,1-2H3,(H,89,101)(H,90,99,102)(H,91,100,103). The van der Waals surface area contributed by atoms with Crippen molar-refractivity contribution >= 4 is 47.3 Å². The zero-order valence-corrected chi connectivity index (χ0v) is 61.8. The fraction of sp³-hybridized carbons (Fsp3) is 0.476. The number of carbonyl (C=O) groups is 8. The molecular formula is C84H97FN12O12. The summed E-state index contributed by atoms with van der Waals surface area (Å²) in [4.78, 5) is 116. The Morgan fingerprint density at radius 3 is 1.46 bits per heavy atom. The first-order chi connectivity index (χ1) is 52.9. The maximum Gasteiger partial charge on any atom is 0.255 e. The lowest BCUT2D eigenvalue weighted by atomic mass is 9.94. The lowest BCUT2D eigenvalue weighted by Gasteiger charge is -2.41. The number of amides is 8. The molecule has 6 aromatic rings. The number of rotatable bonds is 25. The van der Waals surface area contributed by atoms with E-state index in [-0.39, 0.29) is 135 Å². The number of benzene rings is 6. The lowest BCUT2D eigenvalue weighted by Crippen LogP contribution is -2.56. The van der Waals surface area contributed by atoms with E-state index >= 15 is 4.39 Å². The first-order valence-corrected chi connectivity index (χ1v) is 39.2. The number of carbonyl (C=O) groups excluding carboxylic acids is 8. The molecule has 572 valence electrons. The zero-order chi connectivity index (χ0) is 75.1. The second-order valence-corrected chi connectivity index (χ2v) is 31.6. The minimum atomic E-state index is -0.916. The topological polar surface area (TPSA) is 276 Å². The van der Waals surface area contributed by atoms with Crippen molar-refractivity contribution < 1.29 is 62.1 Å². The van der Waals surface area contributed by atoms with Crippen molar-refractivity contribution in [2.45, 2.75) is 203 Å². The van der Waals surface area contributed by atoms with Crippen LogP contribution in [-0.4, -0.2) is 194 Å². The van der Waals surface area contributed by atoms with E-state index in [2.05, 4.69) is 109 Å². The van der Waals surface area contributed by atoms with Crippen molar-refractivity contribution in [2.75, 3.05) is 45.8 Å². The summed E-state index contributed by atoms with van der Waals surface area (Å²) < 4.78 is 37.8. The monoisotopic (exact) mass is 1480 g/mol. The fourth-order valence-corrected chi connectivity index (χ4v) is 18.2. The highest BCUT2D eigenvalue weighted by molar-refractivity contribution is 6.07. The fourth-order valence-electron chi connectivity index (χ4n) is 18.2. The Morgan fingerprint density at radius 2 is 0.954 bits per heavy atom. The van der Waals surface area contributed by atoms with Crippen LogP contribution in [0, 0.1) is 11.7 Å². The molecular weight excluding hydrogens is 1390 g/mol. The minimum Gasteiger partial charge on any atom is -0.487 e. The Balaban J connectivity index is 0.598. The number of nitrogens with zero attached hydrogens (tertiary/aromatic N) is 6. The summed E-state index contributed by atoms with van der Waals surface area (Å²) in [6, 6.07) is 38.8. The van der Waals surface area contributed by atoms with Gasteiger partial charge < -0.3 is 55.3 Å². The molecule has 0 bridgehead atoms. The summed E-state index contributed by atoms with van der Waals surface area (Å²) in [5.74, 6) is -0.841. The smallest absolute Gasteiger partial charge is 0.255 e. The number of likely N-dealkylation sites (N-methyl/N-ethyl adjacent to an activating group) is 1. The SMILES string of the molecule is CCNC1CCN(Cc2ccc(F)c(C(NC3CCN(Cc4cccc(CC(C)NC5CCN(Cc6ccccc6)CC5Oc5ccc6c(c5)CN(C5CCC(=O)NC5=O)C6=O)c4)CC3Oc3ccc4c(c3)CN(C3CCC(=O)NC3=O)C4=O)C3CC3)c2)CC1Oc1ccc2c(c1)CN(C1CCC(O)NC1=O)C2=O. The zero-order valence-electron chi connectivity index (χ0n) is 61.8. The molecule has 6 saturated heterocycles. The van der Waals surface area contributed by atoms with Crippen molar-refractivity contribution in [3.63, 3.8) is 0 Å². The van der Waals surface area contributed by atoms with Crippen LogP contribution in [0.1, 0.15) is 166 Å². The summed E-state index contributed by atoms with van der Waals surface area (Å²) in [6.07, 6.45) is 4.82. The van der Waals surface area contributed by atoms with Crippen LogP contribution in [-0.2, 0) is 69.7 Å². The average molecular weight is 1490 g/mol.